The minimum Gasteiger partial charge on any atom is -0.316 e. The Labute approximate surface area is 126 Å². The maximum atomic E-state index is 3.57. The lowest BCUT2D eigenvalue weighted by atomic mass is 9.95. The highest BCUT2D eigenvalue weighted by Gasteiger charge is 2.29. The van der Waals surface area contributed by atoms with Gasteiger partial charge in [0.15, 0.2) is 0 Å². The summed E-state index contributed by atoms with van der Waals surface area (Å²) in [7, 11) is 0. The van der Waals surface area contributed by atoms with Crippen LogP contribution in [-0.2, 0) is 0 Å². The van der Waals surface area contributed by atoms with Crippen LogP contribution in [0.15, 0.2) is 0 Å². The molecule has 0 aromatic rings. The Kier molecular flexibility index (Phi) is 6.31. The maximum absolute atomic E-state index is 3.57. The summed E-state index contributed by atoms with van der Waals surface area (Å²) in [4.78, 5) is 5.44. The predicted molar refractivity (Wildman–Crippen MR) is 87.2 cm³/mol. The molecule has 2 heterocycles. The first kappa shape index (κ1) is 16.3. The molecule has 2 saturated heterocycles. The van der Waals surface area contributed by atoms with Gasteiger partial charge in [0, 0.05) is 24.7 Å². The quantitative estimate of drug-likeness (QED) is 0.835. The molecule has 0 aliphatic carbocycles. The van der Waals surface area contributed by atoms with E-state index in [1.807, 2.05) is 0 Å². The van der Waals surface area contributed by atoms with Crippen LogP contribution in [0.25, 0.3) is 0 Å². The highest BCUT2D eigenvalue weighted by atomic mass is 15.2. The highest BCUT2D eigenvalue weighted by molar-refractivity contribution is 4.85. The number of hydrogen-bond donors (Lipinski definition) is 1. The fourth-order valence-corrected chi connectivity index (χ4v) is 3.89. The highest BCUT2D eigenvalue weighted by Crippen LogP contribution is 2.23. The molecule has 0 bridgehead atoms. The van der Waals surface area contributed by atoms with Crippen molar-refractivity contribution in [2.75, 3.05) is 32.7 Å². The second-order valence-corrected chi connectivity index (χ2v) is 7.36. The van der Waals surface area contributed by atoms with Gasteiger partial charge in [-0.1, -0.05) is 0 Å². The Hall–Kier alpha value is -0.120. The van der Waals surface area contributed by atoms with Crippen LogP contribution in [0.1, 0.15) is 53.4 Å². The lowest BCUT2D eigenvalue weighted by Crippen LogP contribution is -2.51. The van der Waals surface area contributed by atoms with Gasteiger partial charge in [0.2, 0.25) is 0 Å². The summed E-state index contributed by atoms with van der Waals surface area (Å²) in [6, 6.07) is 2.21. The Morgan fingerprint density at radius 3 is 2.30 bits per heavy atom. The molecule has 0 saturated carbocycles. The molecule has 2 aliphatic heterocycles. The van der Waals surface area contributed by atoms with Crippen molar-refractivity contribution in [2.24, 2.45) is 5.92 Å². The largest absolute Gasteiger partial charge is 0.316 e. The van der Waals surface area contributed by atoms with Gasteiger partial charge in [-0.25, -0.2) is 0 Å². The fourth-order valence-electron chi connectivity index (χ4n) is 3.89. The number of likely N-dealkylation sites (tertiary alicyclic amines) is 1. The minimum atomic E-state index is 0.688. The van der Waals surface area contributed by atoms with E-state index in [1.54, 1.807) is 0 Å². The van der Waals surface area contributed by atoms with E-state index in [0.717, 1.165) is 12.0 Å². The topological polar surface area (TPSA) is 18.5 Å². The van der Waals surface area contributed by atoms with E-state index in [0.29, 0.717) is 12.1 Å². The average molecular weight is 281 g/mol. The van der Waals surface area contributed by atoms with Crippen molar-refractivity contribution in [1.82, 2.24) is 15.1 Å². The van der Waals surface area contributed by atoms with Gasteiger partial charge >= 0.3 is 0 Å². The van der Waals surface area contributed by atoms with Crippen molar-refractivity contribution in [3.8, 4) is 0 Å². The van der Waals surface area contributed by atoms with E-state index >= 15 is 0 Å². The van der Waals surface area contributed by atoms with Gasteiger partial charge in [0.25, 0.3) is 0 Å². The van der Waals surface area contributed by atoms with Crippen molar-refractivity contribution in [1.29, 1.82) is 0 Å². The van der Waals surface area contributed by atoms with Gasteiger partial charge in [-0.3, -0.25) is 4.90 Å². The standard InChI is InChI=1S/C17H35N3/c1-14(2)19-10-7-17(8-11-19)20(15(3)4)13-16-6-5-9-18-12-16/h14-18H,5-13H2,1-4H3. The first-order valence-electron chi connectivity index (χ1n) is 8.78. The number of hydrogen-bond acceptors (Lipinski definition) is 3. The zero-order chi connectivity index (χ0) is 14.5. The van der Waals surface area contributed by atoms with Gasteiger partial charge in [-0.05, 0) is 85.5 Å². The molecule has 0 aromatic carbocycles. The van der Waals surface area contributed by atoms with Gasteiger partial charge < -0.3 is 10.2 Å². The van der Waals surface area contributed by atoms with E-state index in [2.05, 4.69) is 42.8 Å². The van der Waals surface area contributed by atoms with Crippen LogP contribution in [0.5, 0.6) is 0 Å². The molecular formula is C17H35N3. The molecule has 2 aliphatic rings. The zero-order valence-electron chi connectivity index (χ0n) is 14.1. The summed E-state index contributed by atoms with van der Waals surface area (Å²) in [6.45, 7) is 15.7. The van der Waals surface area contributed by atoms with Crippen LogP contribution in [0.4, 0.5) is 0 Å². The number of piperidine rings is 2. The zero-order valence-corrected chi connectivity index (χ0v) is 14.1. The van der Waals surface area contributed by atoms with Gasteiger partial charge in [0.1, 0.15) is 0 Å². The lowest BCUT2D eigenvalue weighted by Gasteiger charge is -2.43. The molecule has 2 fully saturated rings. The first-order valence-corrected chi connectivity index (χ1v) is 8.78. The molecule has 0 spiro atoms. The molecule has 0 amide bonds. The molecule has 20 heavy (non-hydrogen) atoms. The Morgan fingerprint density at radius 2 is 1.80 bits per heavy atom. The van der Waals surface area contributed by atoms with Crippen molar-refractivity contribution < 1.29 is 0 Å². The van der Waals surface area contributed by atoms with Gasteiger partial charge in [-0.2, -0.15) is 0 Å². The average Bonchev–Trinajstić information content (AvgIpc) is 2.45. The van der Waals surface area contributed by atoms with Crippen molar-refractivity contribution in [3.05, 3.63) is 0 Å². The molecule has 1 unspecified atom stereocenters. The third-order valence-electron chi connectivity index (χ3n) is 5.23. The smallest absolute Gasteiger partial charge is 0.0122 e. The summed E-state index contributed by atoms with van der Waals surface area (Å²) in [5.74, 6) is 0.870. The molecule has 1 atom stereocenters. The van der Waals surface area contributed by atoms with Crippen molar-refractivity contribution >= 4 is 0 Å². The normalized spacial score (nSPS) is 26.9. The third-order valence-corrected chi connectivity index (χ3v) is 5.23. The first-order chi connectivity index (χ1) is 9.58. The molecule has 3 nitrogen and oxygen atoms in total. The van der Waals surface area contributed by atoms with Crippen LogP contribution in [-0.4, -0.2) is 60.6 Å². The molecule has 1 N–H and O–H groups in total. The van der Waals surface area contributed by atoms with E-state index in [9.17, 15) is 0 Å². The van der Waals surface area contributed by atoms with E-state index in [-0.39, 0.29) is 0 Å². The maximum Gasteiger partial charge on any atom is 0.0122 e. The molecule has 2 rings (SSSR count). The van der Waals surface area contributed by atoms with Gasteiger partial charge in [0.05, 0.1) is 0 Å². The predicted octanol–water partition coefficient (Wildman–Crippen LogP) is 2.57. The van der Waals surface area contributed by atoms with Crippen LogP contribution in [0, 0.1) is 5.92 Å². The monoisotopic (exact) mass is 281 g/mol. The molecular weight excluding hydrogens is 246 g/mol. The summed E-state index contributed by atoms with van der Waals surface area (Å²) < 4.78 is 0. The molecule has 118 valence electrons. The fraction of sp³-hybridized carbons (Fsp3) is 1.00. The van der Waals surface area contributed by atoms with E-state index in [1.165, 1.54) is 58.4 Å². The Bertz CT molecular complexity index is 263. The van der Waals surface area contributed by atoms with Crippen molar-refractivity contribution in [3.63, 3.8) is 0 Å². The summed E-state index contributed by atoms with van der Waals surface area (Å²) in [5, 5.41) is 3.57. The summed E-state index contributed by atoms with van der Waals surface area (Å²) in [6.07, 6.45) is 5.50. The van der Waals surface area contributed by atoms with Gasteiger partial charge in [-0.15, -0.1) is 0 Å². The van der Waals surface area contributed by atoms with E-state index < -0.39 is 0 Å². The van der Waals surface area contributed by atoms with Crippen LogP contribution in [0.3, 0.4) is 0 Å². The summed E-state index contributed by atoms with van der Waals surface area (Å²) >= 11 is 0. The van der Waals surface area contributed by atoms with Crippen LogP contribution < -0.4 is 5.32 Å². The van der Waals surface area contributed by atoms with E-state index in [4.69, 9.17) is 0 Å². The number of nitrogens with one attached hydrogen (secondary N) is 1. The van der Waals surface area contributed by atoms with Crippen LogP contribution in [0.2, 0.25) is 0 Å². The number of rotatable bonds is 5. The SMILES string of the molecule is CC(C)N1CCC(N(CC2CCCNC2)C(C)C)CC1. The van der Waals surface area contributed by atoms with Crippen LogP contribution >= 0.6 is 0 Å². The Morgan fingerprint density at radius 1 is 1.10 bits per heavy atom. The third kappa shape index (κ3) is 4.44. The summed E-state index contributed by atoms with van der Waals surface area (Å²) in [5.41, 5.74) is 0. The molecule has 0 radical (unpaired) electrons. The Balaban J connectivity index is 1.85. The molecule has 0 aromatic heterocycles. The second-order valence-electron chi connectivity index (χ2n) is 7.36. The lowest BCUT2D eigenvalue weighted by molar-refractivity contribution is 0.0573. The van der Waals surface area contributed by atoms with Crippen molar-refractivity contribution in [2.45, 2.75) is 71.5 Å². The minimum absolute atomic E-state index is 0.688. The second kappa shape index (κ2) is 7.77. The number of nitrogens with zero attached hydrogens (tertiary/aromatic N) is 2. The molecule has 3 heteroatoms.